The lowest BCUT2D eigenvalue weighted by atomic mass is 9.69. The van der Waals surface area contributed by atoms with Crippen molar-refractivity contribution >= 4 is 48.9 Å². The standard InChI is InChI=1S/C34H39BrN6O4S/c1-6-39-28-11-10-27(22(3)32(28)36)31(34(4,5)33(42)40-26-17-37-20-38-18-26)23-8-7-21(2)24(15-23)19-41-13-14-45-29-12-9-25(35)16-30(29)46(41,43)44/h7-12,15-18,20,31,39H,6,13-14,19,36H2,1-5H3,(H,40,42). The maximum Gasteiger partial charge on any atom is 0.247 e. The Bertz CT molecular complexity index is 1870. The van der Waals surface area contributed by atoms with Gasteiger partial charge < -0.3 is 21.1 Å². The lowest BCUT2D eigenvalue weighted by molar-refractivity contribution is -0.124. The smallest absolute Gasteiger partial charge is 0.247 e. The highest BCUT2D eigenvalue weighted by Gasteiger charge is 2.40. The van der Waals surface area contributed by atoms with Crippen LogP contribution in [0.2, 0.25) is 0 Å². The average Bonchev–Trinajstić information content (AvgIpc) is 3.14. The van der Waals surface area contributed by atoms with Crippen molar-refractivity contribution in [2.45, 2.75) is 52.0 Å². The monoisotopic (exact) mass is 706 g/mol. The molecule has 4 N–H and O–H groups in total. The summed E-state index contributed by atoms with van der Waals surface area (Å²) in [6.07, 6.45) is 4.51. The number of sulfonamides is 1. The van der Waals surface area contributed by atoms with Crippen molar-refractivity contribution < 1.29 is 17.9 Å². The Morgan fingerprint density at radius 3 is 2.57 bits per heavy atom. The predicted octanol–water partition coefficient (Wildman–Crippen LogP) is 6.25. The van der Waals surface area contributed by atoms with Gasteiger partial charge >= 0.3 is 0 Å². The number of hydrogen-bond donors (Lipinski definition) is 3. The van der Waals surface area contributed by atoms with Gasteiger partial charge in [-0.2, -0.15) is 4.31 Å². The highest BCUT2D eigenvalue weighted by atomic mass is 79.9. The number of nitrogens with two attached hydrogens (primary N) is 1. The number of amides is 1. The van der Waals surface area contributed by atoms with Gasteiger partial charge in [-0.3, -0.25) is 4.79 Å². The number of hydrogen-bond acceptors (Lipinski definition) is 8. The molecule has 0 saturated carbocycles. The molecule has 1 aromatic heterocycles. The van der Waals surface area contributed by atoms with Crippen LogP contribution in [0.25, 0.3) is 0 Å². The van der Waals surface area contributed by atoms with Crippen molar-refractivity contribution in [1.82, 2.24) is 14.3 Å². The Morgan fingerprint density at radius 2 is 1.85 bits per heavy atom. The molecule has 1 amide bonds. The normalized spacial score (nSPS) is 15.3. The van der Waals surface area contributed by atoms with Crippen LogP contribution < -0.4 is 21.1 Å². The highest BCUT2D eigenvalue weighted by Crippen LogP contribution is 2.45. The fraction of sp³-hybridized carbons (Fsp3) is 0.324. The third-order valence-corrected chi connectivity index (χ3v) is 10.9. The lowest BCUT2D eigenvalue weighted by Crippen LogP contribution is -2.37. The molecule has 1 aliphatic rings. The molecule has 0 spiro atoms. The number of aromatic nitrogens is 2. The maximum atomic E-state index is 14.0. The third-order valence-electron chi connectivity index (χ3n) is 8.54. The molecule has 4 aromatic rings. The Morgan fingerprint density at radius 1 is 1.11 bits per heavy atom. The Kier molecular flexibility index (Phi) is 9.71. The number of nitrogen functional groups attached to an aromatic ring is 1. The van der Waals surface area contributed by atoms with Gasteiger partial charge in [0.25, 0.3) is 0 Å². The summed E-state index contributed by atoms with van der Waals surface area (Å²) in [5, 5.41) is 6.29. The third kappa shape index (κ3) is 6.60. The van der Waals surface area contributed by atoms with Crippen molar-refractivity contribution in [2.24, 2.45) is 5.41 Å². The van der Waals surface area contributed by atoms with Crippen molar-refractivity contribution in [2.75, 3.05) is 36.1 Å². The summed E-state index contributed by atoms with van der Waals surface area (Å²) in [6.45, 7) is 11.0. The minimum atomic E-state index is -3.86. The van der Waals surface area contributed by atoms with Crippen LogP contribution in [0.5, 0.6) is 5.75 Å². The van der Waals surface area contributed by atoms with E-state index in [0.29, 0.717) is 28.1 Å². The molecule has 12 heteroatoms. The molecule has 10 nitrogen and oxygen atoms in total. The second-order valence-corrected chi connectivity index (χ2v) is 14.8. The van der Waals surface area contributed by atoms with Gasteiger partial charge in [0.15, 0.2) is 0 Å². The summed E-state index contributed by atoms with van der Waals surface area (Å²) in [6, 6.07) is 15.0. The van der Waals surface area contributed by atoms with Gasteiger partial charge in [-0.25, -0.2) is 18.4 Å². The molecule has 0 fully saturated rings. The van der Waals surface area contributed by atoms with E-state index in [4.69, 9.17) is 10.5 Å². The molecule has 0 saturated heterocycles. The second kappa shape index (κ2) is 13.4. The molecular weight excluding hydrogens is 668 g/mol. The molecule has 242 valence electrons. The fourth-order valence-corrected chi connectivity index (χ4v) is 7.96. The maximum absolute atomic E-state index is 14.0. The first-order valence-corrected chi connectivity index (χ1v) is 17.3. The van der Waals surface area contributed by atoms with Gasteiger partial charge in [0.1, 0.15) is 23.6 Å². The first-order chi connectivity index (χ1) is 21.8. The minimum absolute atomic E-state index is 0.126. The molecule has 1 unspecified atom stereocenters. The molecule has 0 bridgehead atoms. The zero-order valence-electron chi connectivity index (χ0n) is 26.6. The van der Waals surface area contributed by atoms with E-state index in [9.17, 15) is 13.2 Å². The SMILES string of the molecule is CCNc1ccc(C(c2ccc(C)c(CN3CCOc4ccc(Br)cc4S3(=O)=O)c2)C(C)(C)C(=O)Nc2cncnc2)c(C)c1N. The number of carbonyl (C=O) groups excluding carboxylic acids is 1. The quantitative estimate of drug-likeness (QED) is 0.174. The average molecular weight is 708 g/mol. The topological polar surface area (TPSA) is 140 Å². The molecule has 1 aliphatic heterocycles. The van der Waals surface area contributed by atoms with Crippen molar-refractivity contribution in [1.29, 1.82) is 0 Å². The van der Waals surface area contributed by atoms with E-state index in [1.807, 2.05) is 65.0 Å². The Hall–Kier alpha value is -4.00. The van der Waals surface area contributed by atoms with Crippen LogP contribution in [-0.2, 0) is 21.4 Å². The number of nitrogens with zero attached hydrogens (tertiary/aromatic N) is 3. The van der Waals surface area contributed by atoms with Crippen LogP contribution in [-0.4, -0.2) is 48.3 Å². The van der Waals surface area contributed by atoms with Gasteiger partial charge in [-0.05, 0) is 72.9 Å². The summed E-state index contributed by atoms with van der Waals surface area (Å²) in [7, 11) is -3.86. The molecule has 2 heterocycles. The van der Waals surface area contributed by atoms with Crippen molar-refractivity contribution in [3.05, 3.63) is 99.5 Å². The summed E-state index contributed by atoms with van der Waals surface area (Å²) in [5.41, 5.74) is 11.9. The van der Waals surface area contributed by atoms with E-state index in [-0.39, 0.29) is 30.5 Å². The molecule has 46 heavy (non-hydrogen) atoms. The predicted molar refractivity (Wildman–Crippen MR) is 184 cm³/mol. The summed E-state index contributed by atoms with van der Waals surface area (Å²) in [4.78, 5) is 22.2. The van der Waals surface area contributed by atoms with Crippen LogP contribution in [0.1, 0.15) is 54.5 Å². The molecular formula is C34H39BrN6O4S. The summed E-state index contributed by atoms with van der Waals surface area (Å²) in [5.74, 6) is -0.338. The van der Waals surface area contributed by atoms with Crippen molar-refractivity contribution in [3.8, 4) is 5.75 Å². The van der Waals surface area contributed by atoms with E-state index in [2.05, 4.69) is 36.5 Å². The van der Waals surface area contributed by atoms with Crippen LogP contribution in [0, 0.1) is 19.3 Å². The van der Waals surface area contributed by atoms with E-state index < -0.39 is 21.4 Å². The number of aryl methyl sites for hydroxylation is 1. The van der Waals surface area contributed by atoms with Gasteiger partial charge in [-0.1, -0.05) is 54.0 Å². The van der Waals surface area contributed by atoms with E-state index in [1.165, 1.54) is 10.6 Å². The molecule has 3 aromatic carbocycles. The van der Waals surface area contributed by atoms with Gasteiger partial charge in [0.2, 0.25) is 15.9 Å². The number of anilines is 3. The number of fused-ring (bicyclic) bond motifs is 1. The van der Waals surface area contributed by atoms with Crippen LogP contribution in [0.4, 0.5) is 17.1 Å². The van der Waals surface area contributed by atoms with E-state index in [1.54, 1.807) is 30.6 Å². The van der Waals surface area contributed by atoms with Crippen molar-refractivity contribution in [3.63, 3.8) is 0 Å². The molecule has 0 aliphatic carbocycles. The van der Waals surface area contributed by atoms with Crippen LogP contribution in [0.15, 0.2) is 76.6 Å². The summed E-state index contributed by atoms with van der Waals surface area (Å²) >= 11 is 3.40. The first-order valence-electron chi connectivity index (χ1n) is 15.1. The molecule has 1 atom stereocenters. The molecule has 5 rings (SSSR count). The van der Waals surface area contributed by atoms with Crippen LogP contribution in [0.3, 0.4) is 0 Å². The summed E-state index contributed by atoms with van der Waals surface area (Å²) < 4.78 is 35.6. The zero-order chi connectivity index (χ0) is 33.2. The Balaban J connectivity index is 1.59. The number of halogens is 1. The zero-order valence-corrected chi connectivity index (χ0v) is 29.0. The largest absolute Gasteiger partial charge is 0.491 e. The fourth-order valence-electron chi connectivity index (χ4n) is 5.89. The van der Waals surface area contributed by atoms with E-state index in [0.717, 1.165) is 33.5 Å². The van der Waals surface area contributed by atoms with Crippen LogP contribution >= 0.6 is 15.9 Å². The number of rotatable bonds is 9. The number of nitrogens with one attached hydrogen (secondary N) is 2. The minimum Gasteiger partial charge on any atom is -0.491 e. The molecule has 0 radical (unpaired) electrons. The van der Waals surface area contributed by atoms with Gasteiger partial charge in [-0.15, -0.1) is 0 Å². The number of carbonyl (C=O) groups is 1. The second-order valence-electron chi connectivity index (χ2n) is 12.0. The number of ether oxygens (including phenoxy) is 1. The lowest BCUT2D eigenvalue weighted by Gasteiger charge is -2.36. The first kappa shape index (κ1) is 33.4. The number of benzene rings is 3. The van der Waals surface area contributed by atoms with E-state index >= 15 is 0 Å². The van der Waals surface area contributed by atoms with Gasteiger partial charge in [0.05, 0.1) is 34.9 Å². The highest BCUT2D eigenvalue weighted by molar-refractivity contribution is 9.10. The Labute approximate surface area is 279 Å². The van der Waals surface area contributed by atoms with Gasteiger partial charge in [0, 0.05) is 30.0 Å².